The molecule has 2 atom stereocenters. The number of aromatic carboxylic acids is 1. The van der Waals surface area contributed by atoms with Crippen LogP contribution in [0.2, 0.25) is 0 Å². The van der Waals surface area contributed by atoms with Crippen LogP contribution in [-0.2, 0) is 6.54 Å². The summed E-state index contributed by atoms with van der Waals surface area (Å²) in [5.41, 5.74) is 0.911. The van der Waals surface area contributed by atoms with Gasteiger partial charge in [0.25, 0.3) is 0 Å². The molecule has 2 rings (SSSR count). The zero-order valence-electron chi connectivity index (χ0n) is 11.4. The molecule has 1 fully saturated rings. The highest BCUT2D eigenvalue weighted by molar-refractivity contribution is 5.85. The third kappa shape index (κ3) is 4.31. The monoisotopic (exact) mass is 262 g/mol. The van der Waals surface area contributed by atoms with Crippen molar-refractivity contribution in [3.05, 3.63) is 29.6 Å². The van der Waals surface area contributed by atoms with E-state index in [0.29, 0.717) is 6.54 Å². The molecule has 2 N–H and O–H groups in total. The molecule has 19 heavy (non-hydrogen) atoms. The van der Waals surface area contributed by atoms with Crippen molar-refractivity contribution in [3.63, 3.8) is 0 Å². The Morgan fingerprint density at radius 3 is 3.05 bits per heavy atom. The molecule has 4 heteroatoms. The standard InChI is InChI=1S/C15H22N2O2/c1-11-4-2-5-12(8-11)9-16-10-13-6-3-7-14(17-13)15(18)19/h3,6-7,11-12,16H,2,4-5,8-10H2,1H3,(H,18,19). The van der Waals surface area contributed by atoms with E-state index in [4.69, 9.17) is 5.11 Å². The quantitative estimate of drug-likeness (QED) is 0.856. The Kier molecular flexibility index (Phi) is 4.91. The highest BCUT2D eigenvalue weighted by Gasteiger charge is 2.18. The number of carbonyl (C=O) groups is 1. The fourth-order valence-electron chi connectivity index (χ4n) is 2.85. The largest absolute Gasteiger partial charge is 0.477 e. The molecule has 1 saturated carbocycles. The van der Waals surface area contributed by atoms with Crippen molar-refractivity contribution in [2.45, 2.75) is 39.2 Å². The number of hydrogen-bond donors (Lipinski definition) is 2. The summed E-state index contributed by atoms with van der Waals surface area (Å²) in [5.74, 6) is 0.628. The molecular weight excluding hydrogens is 240 g/mol. The molecule has 4 nitrogen and oxygen atoms in total. The van der Waals surface area contributed by atoms with Crippen LogP contribution in [0, 0.1) is 11.8 Å². The summed E-state index contributed by atoms with van der Waals surface area (Å²) >= 11 is 0. The van der Waals surface area contributed by atoms with E-state index in [2.05, 4.69) is 17.2 Å². The maximum atomic E-state index is 10.8. The number of nitrogens with zero attached hydrogens (tertiary/aromatic N) is 1. The van der Waals surface area contributed by atoms with Crippen LogP contribution in [0.15, 0.2) is 18.2 Å². The Bertz CT molecular complexity index is 434. The van der Waals surface area contributed by atoms with E-state index in [1.165, 1.54) is 31.7 Å². The summed E-state index contributed by atoms with van der Waals surface area (Å²) in [5, 5.41) is 12.3. The van der Waals surface area contributed by atoms with E-state index in [9.17, 15) is 4.79 Å². The number of nitrogens with one attached hydrogen (secondary N) is 1. The predicted molar refractivity (Wildman–Crippen MR) is 74.0 cm³/mol. The summed E-state index contributed by atoms with van der Waals surface area (Å²) in [7, 11) is 0. The second-order valence-corrected chi connectivity index (χ2v) is 5.59. The fourth-order valence-corrected chi connectivity index (χ4v) is 2.85. The highest BCUT2D eigenvalue weighted by atomic mass is 16.4. The van der Waals surface area contributed by atoms with E-state index >= 15 is 0 Å². The van der Waals surface area contributed by atoms with Gasteiger partial charge in [-0.1, -0.05) is 25.8 Å². The summed E-state index contributed by atoms with van der Waals surface area (Å²) in [6.07, 6.45) is 5.30. The number of pyridine rings is 1. The molecule has 104 valence electrons. The van der Waals surface area contributed by atoms with Gasteiger partial charge in [0.2, 0.25) is 0 Å². The smallest absolute Gasteiger partial charge is 0.354 e. The molecule has 0 aromatic carbocycles. The topological polar surface area (TPSA) is 62.2 Å². The lowest BCUT2D eigenvalue weighted by atomic mass is 9.82. The molecule has 1 aromatic heterocycles. The molecule has 2 unspecified atom stereocenters. The third-order valence-corrected chi connectivity index (χ3v) is 3.81. The molecule has 0 radical (unpaired) electrons. The molecular formula is C15H22N2O2. The molecule has 1 aliphatic rings. The lowest BCUT2D eigenvalue weighted by molar-refractivity contribution is 0.0690. The maximum Gasteiger partial charge on any atom is 0.354 e. The number of carboxylic acids is 1. The molecule has 1 aromatic rings. The van der Waals surface area contributed by atoms with Crippen molar-refractivity contribution in [1.29, 1.82) is 0 Å². The third-order valence-electron chi connectivity index (χ3n) is 3.81. The average molecular weight is 262 g/mol. The van der Waals surface area contributed by atoms with Gasteiger partial charge in [0.1, 0.15) is 5.69 Å². The molecule has 1 aliphatic carbocycles. The van der Waals surface area contributed by atoms with Crippen molar-refractivity contribution in [3.8, 4) is 0 Å². The zero-order valence-corrected chi connectivity index (χ0v) is 11.4. The minimum atomic E-state index is -0.969. The van der Waals surface area contributed by atoms with Crippen LogP contribution < -0.4 is 5.32 Å². The second kappa shape index (κ2) is 6.66. The van der Waals surface area contributed by atoms with Gasteiger partial charge in [-0.3, -0.25) is 0 Å². The first-order valence-corrected chi connectivity index (χ1v) is 7.05. The highest BCUT2D eigenvalue weighted by Crippen LogP contribution is 2.27. The fraction of sp³-hybridized carbons (Fsp3) is 0.600. The number of hydrogen-bond acceptors (Lipinski definition) is 3. The van der Waals surface area contributed by atoms with Gasteiger partial charge in [-0.15, -0.1) is 0 Å². The lowest BCUT2D eigenvalue weighted by Crippen LogP contribution is -2.26. The Hall–Kier alpha value is -1.42. The Morgan fingerprint density at radius 1 is 1.47 bits per heavy atom. The van der Waals surface area contributed by atoms with Gasteiger partial charge in [0, 0.05) is 6.54 Å². The van der Waals surface area contributed by atoms with E-state index in [1.807, 2.05) is 6.07 Å². The normalized spacial score (nSPS) is 23.2. The van der Waals surface area contributed by atoms with Crippen molar-refractivity contribution in [2.75, 3.05) is 6.54 Å². The van der Waals surface area contributed by atoms with Gasteiger partial charge in [0.05, 0.1) is 5.69 Å². The molecule has 0 spiro atoms. The van der Waals surface area contributed by atoms with Gasteiger partial charge in [-0.05, 0) is 43.4 Å². The van der Waals surface area contributed by atoms with Gasteiger partial charge >= 0.3 is 5.97 Å². The summed E-state index contributed by atoms with van der Waals surface area (Å²) < 4.78 is 0. The molecule has 0 aliphatic heterocycles. The van der Waals surface area contributed by atoms with E-state index < -0.39 is 5.97 Å². The summed E-state index contributed by atoms with van der Waals surface area (Å²) in [6.45, 7) is 3.97. The SMILES string of the molecule is CC1CCCC(CNCc2cccc(C(=O)O)n2)C1. The lowest BCUT2D eigenvalue weighted by Gasteiger charge is -2.26. The van der Waals surface area contributed by atoms with Crippen molar-refractivity contribution in [2.24, 2.45) is 11.8 Å². The zero-order chi connectivity index (χ0) is 13.7. The van der Waals surface area contributed by atoms with Crippen LogP contribution in [0.3, 0.4) is 0 Å². The van der Waals surface area contributed by atoms with Gasteiger partial charge in [-0.25, -0.2) is 9.78 Å². The van der Waals surface area contributed by atoms with Gasteiger partial charge < -0.3 is 10.4 Å². The first-order valence-electron chi connectivity index (χ1n) is 7.05. The van der Waals surface area contributed by atoms with Crippen LogP contribution in [0.1, 0.15) is 48.8 Å². The van der Waals surface area contributed by atoms with E-state index in [0.717, 1.165) is 24.1 Å². The molecule has 0 amide bonds. The van der Waals surface area contributed by atoms with Crippen LogP contribution in [0.4, 0.5) is 0 Å². The van der Waals surface area contributed by atoms with Gasteiger partial charge in [-0.2, -0.15) is 0 Å². The van der Waals surface area contributed by atoms with Crippen LogP contribution >= 0.6 is 0 Å². The maximum absolute atomic E-state index is 10.8. The summed E-state index contributed by atoms with van der Waals surface area (Å²) in [4.78, 5) is 14.9. The second-order valence-electron chi connectivity index (χ2n) is 5.59. The van der Waals surface area contributed by atoms with Crippen LogP contribution in [0.5, 0.6) is 0 Å². The Labute approximate surface area is 114 Å². The van der Waals surface area contributed by atoms with E-state index in [1.54, 1.807) is 6.07 Å². The average Bonchev–Trinajstić information content (AvgIpc) is 2.39. The Morgan fingerprint density at radius 2 is 2.32 bits per heavy atom. The molecule has 1 heterocycles. The van der Waals surface area contributed by atoms with Crippen molar-refractivity contribution in [1.82, 2.24) is 10.3 Å². The van der Waals surface area contributed by atoms with Crippen LogP contribution in [0.25, 0.3) is 0 Å². The van der Waals surface area contributed by atoms with Crippen molar-refractivity contribution >= 4 is 5.97 Å². The first-order chi connectivity index (χ1) is 9.15. The Balaban J connectivity index is 1.79. The summed E-state index contributed by atoms with van der Waals surface area (Å²) in [6, 6.07) is 5.13. The predicted octanol–water partition coefficient (Wildman–Crippen LogP) is 2.70. The molecule has 0 saturated heterocycles. The van der Waals surface area contributed by atoms with Crippen LogP contribution in [-0.4, -0.2) is 22.6 Å². The number of aromatic nitrogens is 1. The molecule has 0 bridgehead atoms. The van der Waals surface area contributed by atoms with Gasteiger partial charge in [0.15, 0.2) is 0 Å². The number of rotatable bonds is 5. The van der Waals surface area contributed by atoms with E-state index in [-0.39, 0.29) is 5.69 Å². The minimum Gasteiger partial charge on any atom is -0.477 e. The van der Waals surface area contributed by atoms with Crippen molar-refractivity contribution < 1.29 is 9.90 Å². The minimum absolute atomic E-state index is 0.116. The number of carboxylic acid groups (broad SMARTS) is 1. The first kappa shape index (κ1) is 14.0.